The van der Waals surface area contributed by atoms with E-state index in [1.54, 1.807) is 29.2 Å². The van der Waals surface area contributed by atoms with Crippen molar-refractivity contribution in [1.29, 1.82) is 0 Å². The summed E-state index contributed by atoms with van der Waals surface area (Å²) in [4.78, 5) is 24.9. The summed E-state index contributed by atoms with van der Waals surface area (Å²) in [5.41, 5.74) is 0.602. The molecule has 5 nitrogen and oxygen atoms in total. The van der Waals surface area contributed by atoms with Crippen molar-refractivity contribution < 1.29 is 19.4 Å². The van der Waals surface area contributed by atoms with E-state index >= 15 is 0 Å². The number of hydrogen-bond acceptors (Lipinski definition) is 3. The minimum absolute atomic E-state index is 0.0303. The largest absolute Gasteiger partial charge is 0.481 e. The molecule has 0 aromatic heterocycles. The zero-order valence-electron chi connectivity index (χ0n) is 12.3. The van der Waals surface area contributed by atoms with Crippen LogP contribution < -0.4 is 4.74 Å². The number of aliphatic carboxylic acids is 1. The lowest BCUT2D eigenvalue weighted by Crippen LogP contribution is -2.38. The highest BCUT2D eigenvalue weighted by atomic mass is 16.5. The number of carbonyl (C=O) groups is 2. The summed E-state index contributed by atoms with van der Waals surface area (Å²) >= 11 is 0. The summed E-state index contributed by atoms with van der Waals surface area (Å²) in [5, 5.41) is 8.80. The van der Waals surface area contributed by atoms with E-state index in [1.807, 2.05) is 0 Å². The first-order valence-electron chi connectivity index (χ1n) is 7.27. The number of piperidine rings is 1. The number of amides is 1. The monoisotopic (exact) mass is 301 g/mol. The Morgan fingerprint density at radius 2 is 1.91 bits per heavy atom. The zero-order valence-corrected chi connectivity index (χ0v) is 12.3. The van der Waals surface area contributed by atoms with E-state index in [2.05, 4.69) is 5.92 Å². The average Bonchev–Trinajstić information content (AvgIpc) is 2.53. The molecular formula is C17H19NO4. The second-order valence-corrected chi connectivity index (χ2v) is 5.35. The highest BCUT2D eigenvalue weighted by Crippen LogP contribution is 2.22. The number of rotatable bonds is 5. The molecule has 1 fully saturated rings. The molecule has 0 saturated carbocycles. The number of benzene rings is 1. The number of terminal acetylenes is 1. The molecule has 0 atom stereocenters. The first kappa shape index (κ1) is 15.9. The third kappa shape index (κ3) is 4.26. The van der Waals surface area contributed by atoms with Crippen LogP contribution in [0.5, 0.6) is 5.75 Å². The summed E-state index contributed by atoms with van der Waals surface area (Å²) in [6.07, 6.45) is 6.78. The normalized spacial score (nSPS) is 15.1. The van der Waals surface area contributed by atoms with Gasteiger partial charge in [0, 0.05) is 25.1 Å². The van der Waals surface area contributed by atoms with Crippen LogP contribution in [0.2, 0.25) is 0 Å². The quantitative estimate of drug-likeness (QED) is 0.845. The summed E-state index contributed by atoms with van der Waals surface area (Å²) in [5.74, 6) is 2.38. The molecular weight excluding hydrogens is 282 g/mol. The summed E-state index contributed by atoms with van der Waals surface area (Å²) in [7, 11) is 0. The van der Waals surface area contributed by atoms with Gasteiger partial charge in [0.2, 0.25) is 0 Å². The number of carbonyl (C=O) groups excluding carboxylic acids is 1. The highest BCUT2D eigenvalue weighted by Gasteiger charge is 2.24. The van der Waals surface area contributed by atoms with E-state index in [-0.39, 0.29) is 24.9 Å². The number of carboxylic acids is 1. The highest BCUT2D eigenvalue weighted by molar-refractivity contribution is 5.94. The molecule has 1 heterocycles. The fourth-order valence-corrected chi connectivity index (χ4v) is 2.59. The topological polar surface area (TPSA) is 66.8 Å². The van der Waals surface area contributed by atoms with Gasteiger partial charge in [-0.05, 0) is 43.0 Å². The Morgan fingerprint density at radius 3 is 2.45 bits per heavy atom. The van der Waals surface area contributed by atoms with Crippen molar-refractivity contribution in [3.05, 3.63) is 29.8 Å². The molecule has 1 saturated heterocycles. The maximum atomic E-state index is 12.4. The Hall–Kier alpha value is -2.48. The maximum Gasteiger partial charge on any atom is 0.303 e. The molecule has 0 radical (unpaired) electrons. The fraction of sp³-hybridized carbons (Fsp3) is 0.412. The van der Waals surface area contributed by atoms with E-state index in [0.717, 1.165) is 12.8 Å². The van der Waals surface area contributed by atoms with Gasteiger partial charge in [-0.15, -0.1) is 6.42 Å². The van der Waals surface area contributed by atoms with Crippen LogP contribution in [-0.2, 0) is 4.79 Å². The van der Waals surface area contributed by atoms with Crippen molar-refractivity contribution in [2.75, 3.05) is 19.7 Å². The molecule has 0 aliphatic carbocycles. The van der Waals surface area contributed by atoms with Crippen molar-refractivity contribution in [1.82, 2.24) is 4.90 Å². The Morgan fingerprint density at radius 1 is 1.27 bits per heavy atom. The van der Waals surface area contributed by atoms with Gasteiger partial charge < -0.3 is 14.7 Å². The van der Waals surface area contributed by atoms with E-state index in [0.29, 0.717) is 24.4 Å². The lowest BCUT2D eigenvalue weighted by Gasteiger charge is -2.31. The Balaban J connectivity index is 1.89. The van der Waals surface area contributed by atoms with Gasteiger partial charge in [-0.2, -0.15) is 0 Å². The predicted octanol–water partition coefficient (Wildman–Crippen LogP) is 2.03. The van der Waals surface area contributed by atoms with Gasteiger partial charge in [-0.25, -0.2) is 0 Å². The SMILES string of the molecule is C#CCOc1ccc(C(=O)N2CCC(CC(=O)O)CC2)cc1. The van der Waals surface area contributed by atoms with Crippen LogP contribution in [0.3, 0.4) is 0 Å². The third-order valence-corrected chi connectivity index (χ3v) is 3.79. The first-order valence-corrected chi connectivity index (χ1v) is 7.27. The Labute approximate surface area is 129 Å². The van der Waals surface area contributed by atoms with Crippen molar-refractivity contribution >= 4 is 11.9 Å². The van der Waals surface area contributed by atoms with Gasteiger partial charge in [-0.3, -0.25) is 9.59 Å². The number of nitrogens with zero attached hydrogens (tertiary/aromatic N) is 1. The predicted molar refractivity (Wildman–Crippen MR) is 81.7 cm³/mol. The minimum Gasteiger partial charge on any atom is -0.481 e. The van der Waals surface area contributed by atoms with Crippen LogP contribution in [0.1, 0.15) is 29.6 Å². The summed E-state index contributed by atoms with van der Waals surface area (Å²) in [6, 6.07) is 6.89. The third-order valence-electron chi connectivity index (χ3n) is 3.79. The van der Waals surface area contributed by atoms with Gasteiger partial charge in [0.1, 0.15) is 12.4 Å². The van der Waals surface area contributed by atoms with E-state index in [1.165, 1.54) is 0 Å². The lowest BCUT2D eigenvalue weighted by molar-refractivity contribution is -0.138. The van der Waals surface area contributed by atoms with Crippen molar-refractivity contribution in [3.8, 4) is 18.1 Å². The van der Waals surface area contributed by atoms with Crippen LogP contribution in [0, 0.1) is 18.3 Å². The molecule has 5 heteroatoms. The summed E-state index contributed by atoms with van der Waals surface area (Å²) < 4.78 is 5.27. The number of carboxylic acid groups (broad SMARTS) is 1. The molecule has 1 aromatic rings. The smallest absolute Gasteiger partial charge is 0.303 e. The second-order valence-electron chi connectivity index (χ2n) is 5.35. The van der Waals surface area contributed by atoms with E-state index in [9.17, 15) is 9.59 Å². The number of ether oxygens (including phenoxy) is 1. The van der Waals surface area contributed by atoms with Crippen molar-refractivity contribution in [2.24, 2.45) is 5.92 Å². The van der Waals surface area contributed by atoms with E-state index in [4.69, 9.17) is 16.3 Å². The number of likely N-dealkylation sites (tertiary alicyclic amines) is 1. The number of hydrogen-bond donors (Lipinski definition) is 1. The molecule has 116 valence electrons. The Kier molecular flexibility index (Phi) is 5.42. The van der Waals surface area contributed by atoms with Crippen LogP contribution in [0.4, 0.5) is 0 Å². The second kappa shape index (κ2) is 7.51. The van der Waals surface area contributed by atoms with Crippen LogP contribution in [0.15, 0.2) is 24.3 Å². The molecule has 22 heavy (non-hydrogen) atoms. The molecule has 2 rings (SSSR count). The molecule has 1 aliphatic rings. The first-order chi connectivity index (χ1) is 10.6. The molecule has 0 unspecified atom stereocenters. The van der Waals surface area contributed by atoms with Gasteiger partial charge in [0.25, 0.3) is 5.91 Å². The minimum atomic E-state index is -0.771. The van der Waals surface area contributed by atoms with Crippen molar-refractivity contribution in [3.63, 3.8) is 0 Å². The zero-order chi connectivity index (χ0) is 15.9. The molecule has 1 amide bonds. The van der Waals surface area contributed by atoms with Gasteiger partial charge in [0.05, 0.1) is 0 Å². The van der Waals surface area contributed by atoms with Crippen LogP contribution >= 0.6 is 0 Å². The van der Waals surface area contributed by atoms with Gasteiger partial charge in [0.15, 0.2) is 0 Å². The maximum absolute atomic E-state index is 12.4. The summed E-state index contributed by atoms with van der Waals surface area (Å²) in [6.45, 7) is 1.41. The fourth-order valence-electron chi connectivity index (χ4n) is 2.59. The molecule has 1 N–H and O–H groups in total. The van der Waals surface area contributed by atoms with Crippen molar-refractivity contribution in [2.45, 2.75) is 19.3 Å². The van der Waals surface area contributed by atoms with E-state index < -0.39 is 5.97 Å². The Bertz CT molecular complexity index is 565. The standard InChI is InChI=1S/C17H19NO4/c1-2-11-22-15-5-3-14(4-6-15)17(21)18-9-7-13(8-10-18)12-16(19)20/h1,3-6,13H,7-12H2,(H,19,20). The molecule has 1 aromatic carbocycles. The lowest BCUT2D eigenvalue weighted by atomic mass is 9.93. The molecule has 0 bridgehead atoms. The van der Waals surface area contributed by atoms with Crippen LogP contribution in [-0.4, -0.2) is 41.6 Å². The van der Waals surface area contributed by atoms with Gasteiger partial charge >= 0.3 is 5.97 Å². The van der Waals surface area contributed by atoms with Crippen LogP contribution in [0.25, 0.3) is 0 Å². The average molecular weight is 301 g/mol. The molecule has 1 aliphatic heterocycles. The molecule has 0 spiro atoms. The van der Waals surface area contributed by atoms with Gasteiger partial charge in [-0.1, -0.05) is 5.92 Å².